The van der Waals surface area contributed by atoms with E-state index in [0.29, 0.717) is 24.5 Å². The molecule has 3 nitrogen and oxygen atoms in total. The highest BCUT2D eigenvalue weighted by atomic mass is 35.5. The largest absolute Gasteiger partial charge is 0.310 e. The molecule has 0 aromatic carbocycles. The Hall–Kier alpha value is -1.11. The number of hydrogen-bond acceptors (Lipinski definition) is 3. The summed E-state index contributed by atoms with van der Waals surface area (Å²) in [5.74, 6) is 0. The Labute approximate surface area is 82.4 Å². The Balaban J connectivity index is 2.33. The molecule has 0 saturated heterocycles. The van der Waals surface area contributed by atoms with Crippen molar-refractivity contribution >= 4 is 11.6 Å². The van der Waals surface area contributed by atoms with Gasteiger partial charge in [0.25, 0.3) is 0 Å². The number of pyridine rings is 1. The Bertz CT molecular complexity index is 306. The molecule has 0 bridgehead atoms. The highest BCUT2D eigenvalue weighted by Crippen LogP contribution is 2.07. The highest BCUT2D eigenvalue weighted by Gasteiger charge is 1.94. The van der Waals surface area contributed by atoms with E-state index >= 15 is 0 Å². The second-order valence-corrected chi connectivity index (χ2v) is 2.99. The second-order valence-electron chi connectivity index (χ2n) is 2.55. The van der Waals surface area contributed by atoms with Crippen molar-refractivity contribution in [2.24, 2.45) is 0 Å². The molecule has 0 fully saturated rings. The summed E-state index contributed by atoms with van der Waals surface area (Å²) in [5.41, 5.74) is 0.894. The molecule has 1 aromatic heterocycles. The fourth-order valence-electron chi connectivity index (χ4n) is 0.906. The summed E-state index contributed by atoms with van der Waals surface area (Å²) in [6.07, 6.45) is 2.18. The third kappa shape index (κ3) is 3.88. The summed E-state index contributed by atoms with van der Waals surface area (Å²) in [7, 11) is 0. The molecule has 1 N–H and O–H groups in total. The third-order valence-electron chi connectivity index (χ3n) is 1.50. The predicted octanol–water partition coefficient (Wildman–Crippen LogP) is 1.74. The molecule has 0 radical (unpaired) electrons. The van der Waals surface area contributed by atoms with Crippen molar-refractivity contribution in [3.05, 3.63) is 29.0 Å². The van der Waals surface area contributed by atoms with E-state index in [0.717, 1.165) is 5.69 Å². The first kappa shape index (κ1) is 9.97. The molecule has 0 aliphatic carbocycles. The highest BCUT2D eigenvalue weighted by molar-refractivity contribution is 6.30. The van der Waals surface area contributed by atoms with E-state index in [1.54, 1.807) is 18.3 Å². The van der Waals surface area contributed by atoms with Gasteiger partial charge >= 0.3 is 0 Å². The van der Waals surface area contributed by atoms with Crippen LogP contribution in [0.2, 0.25) is 5.02 Å². The number of halogens is 1. The fourth-order valence-corrected chi connectivity index (χ4v) is 1.09. The van der Waals surface area contributed by atoms with Crippen molar-refractivity contribution in [1.29, 1.82) is 5.26 Å². The lowest BCUT2D eigenvalue weighted by atomic mass is 10.3. The summed E-state index contributed by atoms with van der Waals surface area (Å²) in [5, 5.41) is 12.1. The molecule has 1 aromatic rings. The van der Waals surface area contributed by atoms with Gasteiger partial charge in [-0.3, -0.25) is 4.98 Å². The van der Waals surface area contributed by atoms with Gasteiger partial charge in [0.2, 0.25) is 0 Å². The van der Waals surface area contributed by atoms with Crippen LogP contribution >= 0.6 is 11.6 Å². The molecular weight excluding hydrogens is 186 g/mol. The van der Waals surface area contributed by atoms with Gasteiger partial charge < -0.3 is 5.32 Å². The molecule has 1 heterocycles. The summed E-state index contributed by atoms with van der Waals surface area (Å²) < 4.78 is 0. The number of nitriles is 1. The molecule has 4 heteroatoms. The number of nitrogens with one attached hydrogen (secondary N) is 1. The van der Waals surface area contributed by atoms with Crippen LogP contribution in [0, 0.1) is 11.3 Å². The number of aromatic nitrogens is 1. The van der Waals surface area contributed by atoms with Crippen molar-refractivity contribution in [2.45, 2.75) is 13.0 Å². The maximum Gasteiger partial charge on any atom is 0.0635 e. The predicted molar refractivity (Wildman–Crippen MR) is 51.2 cm³/mol. The van der Waals surface area contributed by atoms with E-state index in [1.165, 1.54) is 0 Å². The Morgan fingerprint density at radius 1 is 1.62 bits per heavy atom. The van der Waals surface area contributed by atoms with Gasteiger partial charge in [-0.25, -0.2) is 0 Å². The first-order valence-electron chi connectivity index (χ1n) is 4.01. The Morgan fingerprint density at radius 2 is 2.46 bits per heavy atom. The zero-order valence-corrected chi connectivity index (χ0v) is 7.88. The molecule has 0 amide bonds. The van der Waals surface area contributed by atoms with Crippen molar-refractivity contribution in [1.82, 2.24) is 10.3 Å². The van der Waals surface area contributed by atoms with Gasteiger partial charge in [-0.15, -0.1) is 0 Å². The van der Waals surface area contributed by atoms with Crippen LogP contribution in [-0.4, -0.2) is 11.5 Å². The minimum atomic E-state index is 0.514. The lowest BCUT2D eigenvalue weighted by Gasteiger charge is -2.01. The standard InChI is InChI=1S/C9H10ClN3/c10-8-2-5-13-9(6-8)7-12-4-1-3-11/h2,5-6,12H,1,4,7H2. The topological polar surface area (TPSA) is 48.7 Å². The van der Waals surface area contributed by atoms with E-state index in [1.807, 2.05) is 0 Å². The van der Waals surface area contributed by atoms with Gasteiger partial charge in [0.1, 0.15) is 0 Å². The Morgan fingerprint density at radius 3 is 3.15 bits per heavy atom. The maximum absolute atomic E-state index is 8.28. The number of nitrogens with zero attached hydrogens (tertiary/aromatic N) is 2. The van der Waals surface area contributed by atoms with Crippen LogP contribution in [0.25, 0.3) is 0 Å². The van der Waals surface area contributed by atoms with Gasteiger partial charge in [0, 0.05) is 30.7 Å². The first-order valence-corrected chi connectivity index (χ1v) is 4.39. The van der Waals surface area contributed by atoms with Crippen LogP contribution in [0.5, 0.6) is 0 Å². The number of hydrogen-bond donors (Lipinski definition) is 1. The quantitative estimate of drug-likeness (QED) is 0.745. The van der Waals surface area contributed by atoms with Crippen molar-refractivity contribution in [3.63, 3.8) is 0 Å². The zero-order valence-electron chi connectivity index (χ0n) is 7.13. The molecule has 0 spiro atoms. The van der Waals surface area contributed by atoms with Gasteiger partial charge in [-0.1, -0.05) is 11.6 Å². The summed E-state index contributed by atoms with van der Waals surface area (Å²) in [6.45, 7) is 1.34. The van der Waals surface area contributed by atoms with E-state index in [9.17, 15) is 0 Å². The molecule has 1 rings (SSSR count). The maximum atomic E-state index is 8.28. The van der Waals surface area contributed by atoms with Gasteiger partial charge in [0.05, 0.1) is 11.8 Å². The number of rotatable bonds is 4. The average molecular weight is 196 g/mol. The van der Waals surface area contributed by atoms with E-state index in [2.05, 4.69) is 16.4 Å². The third-order valence-corrected chi connectivity index (χ3v) is 1.73. The van der Waals surface area contributed by atoms with Crippen LogP contribution in [0.1, 0.15) is 12.1 Å². The molecular formula is C9H10ClN3. The van der Waals surface area contributed by atoms with Crippen LogP contribution in [0.15, 0.2) is 18.3 Å². The van der Waals surface area contributed by atoms with Crippen LogP contribution in [0.3, 0.4) is 0 Å². The molecule has 0 aliphatic rings. The SMILES string of the molecule is N#CCCNCc1cc(Cl)ccn1. The first-order chi connectivity index (χ1) is 6.33. The van der Waals surface area contributed by atoms with Gasteiger partial charge in [-0.05, 0) is 12.1 Å². The fraction of sp³-hybridized carbons (Fsp3) is 0.333. The molecule has 0 unspecified atom stereocenters. The Kier molecular flexibility index (Phi) is 4.24. The second kappa shape index (κ2) is 5.52. The molecule has 0 atom stereocenters. The van der Waals surface area contributed by atoms with Crippen molar-refractivity contribution in [3.8, 4) is 6.07 Å². The van der Waals surface area contributed by atoms with E-state index in [4.69, 9.17) is 16.9 Å². The van der Waals surface area contributed by atoms with Crippen LogP contribution in [0.4, 0.5) is 0 Å². The minimum absolute atomic E-state index is 0.514. The van der Waals surface area contributed by atoms with Crippen LogP contribution < -0.4 is 5.32 Å². The molecule has 68 valence electrons. The average Bonchev–Trinajstić information content (AvgIpc) is 2.13. The monoisotopic (exact) mass is 195 g/mol. The van der Waals surface area contributed by atoms with Crippen molar-refractivity contribution in [2.75, 3.05) is 6.54 Å². The summed E-state index contributed by atoms with van der Waals surface area (Å²) >= 11 is 5.76. The van der Waals surface area contributed by atoms with E-state index in [-0.39, 0.29) is 0 Å². The normalized spacial score (nSPS) is 9.54. The molecule has 13 heavy (non-hydrogen) atoms. The van der Waals surface area contributed by atoms with Gasteiger partial charge in [-0.2, -0.15) is 5.26 Å². The molecule has 0 aliphatic heterocycles. The summed E-state index contributed by atoms with van der Waals surface area (Å²) in [4.78, 5) is 4.11. The molecule has 0 saturated carbocycles. The minimum Gasteiger partial charge on any atom is -0.310 e. The van der Waals surface area contributed by atoms with Crippen molar-refractivity contribution < 1.29 is 0 Å². The smallest absolute Gasteiger partial charge is 0.0635 e. The van der Waals surface area contributed by atoms with E-state index < -0.39 is 0 Å². The van der Waals surface area contributed by atoms with Gasteiger partial charge in [0.15, 0.2) is 0 Å². The van der Waals surface area contributed by atoms with Crippen LogP contribution in [-0.2, 0) is 6.54 Å². The zero-order chi connectivity index (χ0) is 9.52. The summed E-state index contributed by atoms with van der Waals surface area (Å²) in [6, 6.07) is 5.60. The lowest BCUT2D eigenvalue weighted by molar-refractivity contribution is 0.686. The lowest BCUT2D eigenvalue weighted by Crippen LogP contribution is -2.14.